The van der Waals surface area contributed by atoms with Crippen LogP contribution in [0.4, 0.5) is 4.39 Å². The van der Waals surface area contributed by atoms with E-state index in [2.05, 4.69) is 18.8 Å². The van der Waals surface area contributed by atoms with Crippen molar-refractivity contribution in [2.24, 2.45) is 7.05 Å². The topological polar surface area (TPSA) is 38.1 Å². The number of hydrogen-bond donors (Lipinski definition) is 1. The van der Waals surface area contributed by atoms with Gasteiger partial charge in [0.05, 0.1) is 5.69 Å². The fourth-order valence-electron chi connectivity index (χ4n) is 1.83. The molecule has 2 aromatic rings. The molecule has 19 heavy (non-hydrogen) atoms. The van der Waals surface area contributed by atoms with E-state index in [4.69, 9.17) is 0 Å². The van der Waals surface area contributed by atoms with E-state index in [1.807, 2.05) is 17.7 Å². The maximum atomic E-state index is 13.2. The van der Waals surface area contributed by atoms with E-state index in [0.29, 0.717) is 5.82 Å². The predicted octanol–water partition coefficient (Wildman–Crippen LogP) is 3.33. The lowest BCUT2D eigenvalue weighted by Gasteiger charge is -2.08. The van der Waals surface area contributed by atoms with Gasteiger partial charge in [-0.15, -0.1) is 0 Å². The normalized spacial score (nSPS) is 11.3. The molecule has 0 bridgehead atoms. The quantitative estimate of drug-likeness (QED) is 0.933. The first-order valence-corrected chi connectivity index (χ1v) is 6.94. The van der Waals surface area contributed by atoms with Crippen molar-refractivity contribution in [1.29, 1.82) is 0 Å². The summed E-state index contributed by atoms with van der Waals surface area (Å²) in [5, 5.41) is 10.2. The van der Waals surface area contributed by atoms with Crippen molar-refractivity contribution in [2.45, 2.75) is 36.3 Å². The molecule has 1 heterocycles. The highest BCUT2D eigenvalue weighted by molar-refractivity contribution is 7.99. The number of imidazole rings is 1. The maximum Gasteiger partial charge on any atom is 0.135 e. The summed E-state index contributed by atoms with van der Waals surface area (Å²) in [7, 11) is 1.87. The van der Waals surface area contributed by atoms with Crippen LogP contribution in [0.15, 0.2) is 34.2 Å². The number of rotatable bonds is 4. The predicted molar refractivity (Wildman–Crippen MR) is 73.7 cm³/mol. The van der Waals surface area contributed by atoms with Gasteiger partial charge in [-0.3, -0.25) is 0 Å². The number of hydrogen-bond acceptors (Lipinski definition) is 3. The second kappa shape index (κ2) is 5.75. The molecule has 0 amide bonds. The van der Waals surface area contributed by atoms with Crippen LogP contribution in [-0.4, -0.2) is 14.7 Å². The van der Waals surface area contributed by atoms with Gasteiger partial charge >= 0.3 is 0 Å². The molecule has 0 unspecified atom stereocenters. The average molecular weight is 280 g/mol. The molecule has 0 atom stereocenters. The van der Waals surface area contributed by atoms with Crippen LogP contribution in [0.3, 0.4) is 0 Å². The van der Waals surface area contributed by atoms with E-state index in [-0.39, 0.29) is 18.3 Å². The van der Waals surface area contributed by atoms with Gasteiger partial charge in [0.1, 0.15) is 23.3 Å². The molecule has 2 rings (SSSR count). The first-order chi connectivity index (χ1) is 9.02. The molecule has 1 N–H and O–H groups in total. The third-order valence-electron chi connectivity index (χ3n) is 2.86. The Morgan fingerprint density at radius 2 is 2.16 bits per heavy atom. The lowest BCUT2D eigenvalue weighted by Crippen LogP contribution is -1.98. The first-order valence-electron chi connectivity index (χ1n) is 6.12. The van der Waals surface area contributed by atoms with Crippen molar-refractivity contribution in [2.75, 3.05) is 0 Å². The molecule has 0 aliphatic rings. The molecule has 1 aromatic heterocycles. The molecule has 0 saturated heterocycles. The van der Waals surface area contributed by atoms with Crippen LogP contribution in [0.2, 0.25) is 0 Å². The molecule has 0 saturated carbocycles. The summed E-state index contributed by atoms with van der Waals surface area (Å²) in [4.78, 5) is 5.27. The summed E-state index contributed by atoms with van der Waals surface area (Å²) in [6.07, 6.45) is 0. The Hall–Kier alpha value is -1.33. The maximum absolute atomic E-state index is 13.2. The highest BCUT2D eigenvalue weighted by Crippen LogP contribution is 2.34. The number of aliphatic hydroxyl groups excluding tert-OH is 1. The third-order valence-corrected chi connectivity index (χ3v) is 4.03. The molecule has 3 nitrogen and oxygen atoms in total. The molecule has 0 radical (unpaired) electrons. The molecule has 0 fully saturated rings. The number of halogens is 1. The zero-order chi connectivity index (χ0) is 14.0. The Balaban J connectivity index is 2.41. The number of aliphatic hydroxyl groups is 1. The van der Waals surface area contributed by atoms with E-state index in [1.165, 1.54) is 23.9 Å². The van der Waals surface area contributed by atoms with Crippen molar-refractivity contribution >= 4 is 11.8 Å². The molecule has 102 valence electrons. The van der Waals surface area contributed by atoms with Gasteiger partial charge in [0.25, 0.3) is 0 Å². The monoisotopic (exact) mass is 280 g/mol. The van der Waals surface area contributed by atoms with Crippen LogP contribution in [0.25, 0.3) is 0 Å². The third kappa shape index (κ3) is 2.98. The van der Waals surface area contributed by atoms with E-state index in [1.54, 1.807) is 6.07 Å². The molecule has 0 spiro atoms. The summed E-state index contributed by atoms with van der Waals surface area (Å²) in [5.74, 6) is 0.630. The number of benzene rings is 1. The van der Waals surface area contributed by atoms with Gasteiger partial charge in [0, 0.05) is 11.9 Å². The average Bonchev–Trinajstić information content (AvgIpc) is 2.67. The van der Waals surface area contributed by atoms with Crippen molar-refractivity contribution in [3.05, 3.63) is 41.6 Å². The zero-order valence-electron chi connectivity index (χ0n) is 11.2. The lowest BCUT2D eigenvalue weighted by molar-refractivity contribution is 0.266. The minimum atomic E-state index is -0.249. The Labute approximate surface area is 116 Å². The summed E-state index contributed by atoms with van der Waals surface area (Å²) in [6, 6.07) is 6.48. The fraction of sp³-hybridized carbons (Fsp3) is 0.357. The number of aromatic nitrogens is 2. The molecular weight excluding hydrogens is 263 g/mol. The van der Waals surface area contributed by atoms with E-state index < -0.39 is 0 Å². The van der Waals surface area contributed by atoms with Gasteiger partial charge in [-0.2, -0.15) is 0 Å². The van der Waals surface area contributed by atoms with Crippen LogP contribution in [0.1, 0.15) is 31.3 Å². The van der Waals surface area contributed by atoms with Crippen LogP contribution >= 0.6 is 11.8 Å². The summed E-state index contributed by atoms with van der Waals surface area (Å²) < 4.78 is 15.1. The molecule has 0 aliphatic heterocycles. The molecular formula is C14H17FN2OS. The van der Waals surface area contributed by atoms with E-state index >= 15 is 0 Å². The Morgan fingerprint density at radius 1 is 1.42 bits per heavy atom. The second-order valence-electron chi connectivity index (χ2n) is 4.65. The molecule has 5 heteroatoms. The van der Waals surface area contributed by atoms with Crippen LogP contribution in [-0.2, 0) is 13.7 Å². The fourth-order valence-corrected chi connectivity index (χ4v) is 3.00. The van der Waals surface area contributed by atoms with Crippen LogP contribution < -0.4 is 0 Å². The Kier molecular flexibility index (Phi) is 4.27. The number of nitrogens with zero attached hydrogens (tertiary/aromatic N) is 2. The standard InChI is InChI=1S/C14H17FN2OS/c1-9(2)13-14(17(3)12(8-18)16-13)19-11-6-4-5-10(15)7-11/h4-7,9,18H,8H2,1-3H3. The SMILES string of the molecule is CC(C)c1nc(CO)n(C)c1Sc1cccc(F)c1. The van der Waals surface area contributed by atoms with Crippen molar-refractivity contribution in [1.82, 2.24) is 9.55 Å². The van der Waals surface area contributed by atoms with Crippen molar-refractivity contribution in [3.63, 3.8) is 0 Å². The smallest absolute Gasteiger partial charge is 0.135 e. The largest absolute Gasteiger partial charge is 0.388 e. The highest BCUT2D eigenvalue weighted by Gasteiger charge is 2.17. The Bertz CT molecular complexity index is 581. The summed E-state index contributed by atoms with van der Waals surface area (Å²) >= 11 is 1.47. The van der Waals surface area contributed by atoms with Gasteiger partial charge < -0.3 is 9.67 Å². The first kappa shape index (κ1) is 14.1. The highest BCUT2D eigenvalue weighted by atomic mass is 32.2. The summed E-state index contributed by atoms with van der Waals surface area (Å²) in [6.45, 7) is 4.01. The van der Waals surface area contributed by atoms with Gasteiger partial charge in [0.2, 0.25) is 0 Å². The van der Waals surface area contributed by atoms with Gasteiger partial charge in [0.15, 0.2) is 0 Å². The van der Waals surface area contributed by atoms with Gasteiger partial charge in [-0.25, -0.2) is 9.37 Å². The van der Waals surface area contributed by atoms with Crippen molar-refractivity contribution in [3.8, 4) is 0 Å². The van der Waals surface area contributed by atoms with E-state index in [0.717, 1.165) is 15.6 Å². The lowest BCUT2D eigenvalue weighted by atomic mass is 10.2. The van der Waals surface area contributed by atoms with Crippen molar-refractivity contribution < 1.29 is 9.50 Å². The second-order valence-corrected chi connectivity index (χ2v) is 5.71. The van der Waals surface area contributed by atoms with Crippen LogP contribution in [0.5, 0.6) is 0 Å². The van der Waals surface area contributed by atoms with Gasteiger partial charge in [-0.05, 0) is 24.1 Å². The molecule has 1 aromatic carbocycles. The molecule has 0 aliphatic carbocycles. The van der Waals surface area contributed by atoms with Gasteiger partial charge in [-0.1, -0.05) is 31.7 Å². The van der Waals surface area contributed by atoms with E-state index in [9.17, 15) is 9.50 Å². The van der Waals surface area contributed by atoms with Crippen LogP contribution in [0, 0.1) is 5.82 Å². The zero-order valence-corrected chi connectivity index (χ0v) is 12.0. The minimum Gasteiger partial charge on any atom is -0.388 e. The Morgan fingerprint density at radius 3 is 2.74 bits per heavy atom. The summed E-state index contributed by atoms with van der Waals surface area (Å²) in [5.41, 5.74) is 0.931. The minimum absolute atomic E-state index is 0.0973.